The van der Waals surface area contributed by atoms with Gasteiger partial charge in [0.1, 0.15) is 17.3 Å². The van der Waals surface area contributed by atoms with Crippen LogP contribution in [-0.4, -0.2) is 21.1 Å². The van der Waals surface area contributed by atoms with Gasteiger partial charge < -0.3 is 4.74 Å². The number of ether oxygens (including phenoxy) is 1. The van der Waals surface area contributed by atoms with Gasteiger partial charge in [-0.2, -0.15) is 0 Å². The quantitative estimate of drug-likeness (QED) is 0.155. The lowest BCUT2D eigenvalue weighted by atomic mass is 10.1. The number of nitrogens with zero attached hydrogens (tertiary/aromatic N) is 2. The van der Waals surface area contributed by atoms with Crippen molar-refractivity contribution in [2.24, 2.45) is 0 Å². The molecule has 4 aromatic carbocycles. The van der Waals surface area contributed by atoms with Crippen LogP contribution in [0.2, 0.25) is 0 Å². The number of carbonyl (C=O) groups is 1. The fraction of sp³-hybridized carbons (Fsp3) is 0.0357. The second-order valence-electron chi connectivity index (χ2n) is 7.68. The van der Waals surface area contributed by atoms with Crippen LogP contribution in [0.4, 0.5) is 4.39 Å². The lowest BCUT2D eigenvalue weighted by Gasteiger charge is -2.14. The van der Waals surface area contributed by atoms with Crippen molar-refractivity contribution < 1.29 is 13.9 Å². The van der Waals surface area contributed by atoms with Gasteiger partial charge in [-0.3, -0.25) is 14.2 Å². The zero-order chi connectivity index (χ0) is 24.2. The van der Waals surface area contributed by atoms with Gasteiger partial charge >= 0.3 is 0 Å². The predicted octanol–water partition coefficient (Wildman–Crippen LogP) is 6.29. The highest BCUT2D eigenvalue weighted by molar-refractivity contribution is 7.99. The molecule has 0 aliphatic heterocycles. The zero-order valence-corrected chi connectivity index (χ0v) is 19.2. The van der Waals surface area contributed by atoms with Gasteiger partial charge in [0.05, 0.1) is 22.3 Å². The molecule has 0 aliphatic rings. The standard InChI is InChI=1S/C28H19FN2O3S/c29-20-12-10-19(11-13-20)26(32)18-35-28-30-25-9-5-4-8-24(25)27(33)31(28)21-14-16-23(17-15-21)34-22-6-2-1-3-7-22/h1-17H,18H2. The largest absolute Gasteiger partial charge is 0.457 e. The minimum atomic E-state index is -0.404. The molecule has 5 aromatic rings. The van der Waals surface area contributed by atoms with Crippen LogP contribution >= 0.6 is 11.8 Å². The number of Topliss-reactive ketones (excluding diaryl/α,β-unsaturated/α-hetero) is 1. The Labute approximate surface area is 204 Å². The second-order valence-corrected chi connectivity index (χ2v) is 8.62. The first-order valence-electron chi connectivity index (χ1n) is 10.9. The molecule has 5 rings (SSSR count). The molecule has 0 unspecified atom stereocenters. The SMILES string of the molecule is O=C(CSc1nc2ccccc2c(=O)n1-c1ccc(Oc2ccccc2)cc1)c1ccc(F)cc1. The smallest absolute Gasteiger partial charge is 0.266 e. The van der Waals surface area contributed by atoms with Crippen molar-refractivity contribution in [3.05, 3.63) is 125 Å². The molecule has 7 heteroatoms. The summed E-state index contributed by atoms with van der Waals surface area (Å²) >= 11 is 1.16. The molecule has 0 saturated heterocycles. The molecule has 0 saturated carbocycles. The summed E-state index contributed by atoms with van der Waals surface area (Å²) in [6.07, 6.45) is 0. The molecule has 0 fully saturated rings. The Morgan fingerprint density at radius 1 is 0.829 bits per heavy atom. The number of halogens is 1. The maximum Gasteiger partial charge on any atom is 0.266 e. The van der Waals surface area contributed by atoms with Gasteiger partial charge in [-0.25, -0.2) is 9.37 Å². The Balaban J connectivity index is 1.48. The summed E-state index contributed by atoms with van der Waals surface area (Å²) in [4.78, 5) is 30.8. The van der Waals surface area contributed by atoms with Crippen LogP contribution in [0.15, 0.2) is 113 Å². The number of rotatable bonds is 7. The summed E-state index contributed by atoms with van der Waals surface area (Å²) in [5, 5.41) is 0.868. The third-order valence-corrected chi connectivity index (χ3v) is 6.26. The Morgan fingerprint density at radius 2 is 1.49 bits per heavy atom. The summed E-state index contributed by atoms with van der Waals surface area (Å²) in [7, 11) is 0. The number of ketones is 1. The minimum Gasteiger partial charge on any atom is -0.457 e. The van der Waals surface area contributed by atoms with E-state index in [0.717, 1.165) is 11.8 Å². The highest BCUT2D eigenvalue weighted by Gasteiger charge is 2.16. The fourth-order valence-electron chi connectivity index (χ4n) is 3.57. The normalized spacial score (nSPS) is 10.9. The number of carbonyl (C=O) groups excluding carboxylic acids is 1. The van der Waals surface area contributed by atoms with E-state index < -0.39 is 5.82 Å². The van der Waals surface area contributed by atoms with Crippen molar-refractivity contribution in [1.82, 2.24) is 9.55 Å². The number of benzene rings is 4. The summed E-state index contributed by atoms with van der Waals surface area (Å²) in [6.45, 7) is 0. The molecular weight excluding hydrogens is 463 g/mol. The van der Waals surface area contributed by atoms with Gasteiger partial charge in [0.2, 0.25) is 0 Å². The molecule has 1 aromatic heterocycles. The maximum absolute atomic E-state index is 13.4. The van der Waals surface area contributed by atoms with Crippen molar-refractivity contribution >= 4 is 28.4 Å². The van der Waals surface area contributed by atoms with E-state index in [2.05, 4.69) is 4.98 Å². The average molecular weight is 483 g/mol. The van der Waals surface area contributed by atoms with Crippen molar-refractivity contribution in [3.63, 3.8) is 0 Å². The summed E-state index contributed by atoms with van der Waals surface area (Å²) in [5.41, 5.74) is 1.32. The number of hydrogen-bond acceptors (Lipinski definition) is 5. The molecule has 35 heavy (non-hydrogen) atoms. The van der Waals surface area contributed by atoms with E-state index >= 15 is 0 Å². The molecule has 0 N–H and O–H groups in total. The van der Waals surface area contributed by atoms with Crippen molar-refractivity contribution in [3.8, 4) is 17.2 Å². The Bertz CT molecular complexity index is 1550. The van der Waals surface area contributed by atoms with Crippen molar-refractivity contribution in [1.29, 1.82) is 0 Å². The van der Waals surface area contributed by atoms with E-state index in [4.69, 9.17) is 4.74 Å². The Morgan fingerprint density at radius 3 is 2.23 bits per heavy atom. The van der Waals surface area contributed by atoms with Crippen molar-refractivity contribution in [2.75, 3.05) is 5.75 Å². The van der Waals surface area contributed by atoms with Crippen LogP contribution in [-0.2, 0) is 0 Å². The first kappa shape index (κ1) is 22.6. The van der Waals surface area contributed by atoms with Crippen LogP contribution in [0, 0.1) is 5.82 Å². The van der Waals surface area contributed by atoms with E-state index in [-0.39, 0.29) is 17.1 Å². The summed E-state index contributed by atoms with van der Waals surface area (Å²) < 4.78 is 20.6. The summed E-state index contributed by atoms with van der Waals surface area (Å²) in [6, 6.07) is 29.0. The molecular formula is C28H19FN2O3S. The molecule has 0 radical (unpaired) electrons. The van der Waals surface area contributed by atoms with Gasteiger partial charge in [-0.15, -0.1) is 0 Å². The third kappa shape index (κ3) is 5.00. The average Bonchev–Trinajstić information content (AvgIpc) is 2.89. The molecule has 0 aliphatic carbocycles. The predicted molar refractivity (Wildman–Crippen MR) is 135 cm³/mol. The van der Waals surface area contributed by atoms with E-state index in [1.165, 1.54) is 28.8 Å². The fourth-order valence-corrected chi connectivity index (χ4v) is 4.48. The molecule has 0 spiro atoms. The first-order valence-corrected chi connectivity index (χ1v) is 11.8. The number of aromatic nitrogens is 2. The molecule has 1 heterocycles. The third-order valence-electron chi connectivity index (χ3n) is 5.32. The number of hydrogen-bond donors (Lipinski definition) is 0. The van der Waals surface area contributed by atoms with E-state index in [1.54, 1.807) is 42.5 Å². The van der Waals surface area contributed by atoms with Crippen LogP contribution in [0.1, 0.15) is 10.4 Å². The van der Waals surface area contributed by atoms with Crippen LogP contribution in [0.5, 0.6) is 11.5 Å². The first-order chi connectivity index (χ1) is 17.1. The van der Waals surface area contributed by atoms with Gasteiger partial charge in [-0.05, 0) is 72.8 Å². The number of fused-ring (bicyclic) bond motifs is 1. The molecule has 5 nitrogen and oxygen atoms in total. The van der Waals surface area contributed by atoms with E-state index in [0.29, 0.717) is 38.8 Å². The molecule has 172 valence electrons. The highest BCUT2D eigenvalue weighted by atomic mass is 32.2. The minimum absolute atomic E-state index is 0.0472. The maximum atomic E-state index is 13.4. The van der Waals surface area contributed by atoms with Crippen LogP contribution in [0.25, 0.3) is 16.6 Å². The molecule has 0 amide bonds. The van der Waals surface area contributed by atoms with Crippen LogP contribution in [0.3, 0.4) is 0 Å². The number of para-hydroxylation sites is 2. The highest BCUT2D eigenvalue weighted by Crippen LogP contribution is 2.26. The van der Waals surface area contributed by atoms with Crippen molar-refractivity contribution in [2.45, 2.75) is 5.16 Å². The zero-order valence-electron chi connectivity index (χ0n) is 18.4. The number of thioether (sulfide) groups is 1. The molecule has 0 atom stereocenters. The van der Waals surface area contributed by atoms with Gasteiger partial charge in [0.25, 0.3) is 5.56 Å². The van der Waals surface area contributed by atoms with Crippen LogP contribution < -0.4 is 10.3 Å². The van der Waals surface area contributed by atoms with Gasteiger partial charge in [-0.1, -0.05) is 42.1 Å². The second kappa shape index (κ2) is 9.95. The lowest BCUT2D eigenvalue weighted by molar-refractivity contribution is 0.102. The lowest BCUT2D eigenvalue weighted by Crippen LogP contribution is -2.22. The van der Waals surface area contributed by atoms with Gasteiger partial charge in [0.15, 0.2) is 10.9 Å². The Kier molecular flexibility index (Phi) is 6.41. The molecule has 0 bridgehead atoms. The van der Waals surface area contributed by atoms with E-state index in [1.807, 2.05) is 36.4 Å². The Hall–Kier alpha value is -4.23. The van der Waals surface area contributed by atoms with E-state index in [9.17, 15) is 14.0 Å². The topological polar surface area (TPSA) is 61.2 Å². The monoisotopic (exact) mass is 482 g/mol. The summed E-state index contributed by atoms with van der Waals surface area (Å²) in [5.74, 6) is 0.795. The van der Waals surface area contributed by atoms with Gasteiger partial charge in [0, 0.05) is 5.56 Å².